The lowest BCUT2D eigenvalue weighted by atomic mass is 9.96. The Labute approximate surface area is 249 Å². The minimum absolute atomic E-state index is 0.501. The molecule has 2 N–H and O–H groups in total. The molecule has 0 aliphatic rings. The quantitative estimate of drug-likeness (QED) is 0.0764. The lowest BCUT2D eigenvalue weighted by Gasteiger charge is -2.15. The summed E-state index contributed by atoms with van der Waals surface area (Å²) in [6.45, 7) is 6.73. The van der Waals surface area contributed by atoms with E-state index in [9.17, 15) is 0 Å². The van der Waals surface area contributed by atoms with E-state index in [1.807, 2.05) is 42.1 Å². The van der Waals surface area contributed by atoms with E-state index in [0.717, 1.165) is 46.7 Å². The molecule has 40 heavy (non-hydrogen) atoms. The Balaban J connectivity index is 1.60. The maximum absolute atomic E-state index is 6.50. The van der Waals surface area contributed by atoms with Crippen LogP contribution in [0.25, 0.3) is 5.69 Å². The van der Waals surface area contributed by atoms with Gasteiger partial charge in [-0.25, -0.2) is 4.68 Å². The second kappa shape index (κ2) is 19.0. The van der Waals surface area contributed by atoms with Crippen molar-refractivity contribution in [2.24, 2.45) is 16.1 Å². The third kappa shape index (κ3) is 11.0. The summed E-state index contributed by atoms with van der Waals surface area (Å²) in [7, 11) is 0. The Kier molecular flexibility index (Phi) is 15.3. The number of rotatable bonds is 21. The zero-order valence-electron chi connectivity index (χ0n) is 24.9. The fourth-order valence-corrected chi connectivity index (χ4v) is 6.70. The molecule has 9 heteroatoms. The largest absolute Gasteiger partial charge is 0.382 e. The van der Waals surface area contributed by atoms with Crippen LogP contribution in [-0.4, -0.2) is 25.7 Å². The third-order valence-corrected chi connectivity index (χ3v) is 9.41. The van der Waals surface area contributed by atoms with Gasteiger partial charge in [0.25, 0.3) is 5.13 Å². The summed E-state index contributed by atoms with van der Waals surface area (Å²) < 4.78 is 2.72. The van der Waals surface area contributed by atoms with Crippen LogP contribution in [0, 0.1) is 5.92 Å². The lowest BCUT2D eigenvalue weighted by Crippen LogP contribution is -2.04. The lowest BCUT2D eigenvalue weighted by molar-refractivity contribution is 0.440. The first-order valence-corrected chi connectivity index (χ1v) is 17.3. The minimum Gasteiger partial charge on any atom is -0.382 e. The third-order valence-electron chi connectivity index (χ3n) is 7.24. The van der Waals surface area contributed by atoms with Crippen molar-refractivity contribution in [2.45, 2.75) is 121 Å². The second-order valence-corrected chi connectivity index (χ2v) is 12.9. The molecule has 0 aliphatic heterocycles. The number of nitrogens with zero attached hydrogens (tertiary/aromatic N) is 6. The summed E-state index contributed by atoms with van der Waals surface area (Å²) in [6.07, 6.45) is 19.0. The zero-order chi connectivity index (χ0) is 28.4. The number of azo groups is 1. The Bertz CT molecular complexity index is 1110. The highest BCUT2D eigenvalue weighted by atomic mass is 32.2. The van der Waals surface area contributed by atoms with Crippen LogP contribution in [0.3, 0.4) is 0 Å². The number of anilines is 1. The van der Waals surface area contributed by atoms with E-state index in [-0.39, 0.29) is 0 Å². The summed E-state index contributed by atoms with van der Waals surface area (Å²) in [4.78, 5) is 0. The summed E-state index contributed by atoms with van der Waals surface area (Å²) in [6, 6.07) is 9.92. The molecule has 1 atom stereocenters. The molecule has 0 bridgehead atoms. The van der Waals surface area contributed by atoms with E-state index >= 15 is 0 Å². The van der Waals surface area contributed by atoms with E-state index < -0.39 is 0 Å². The first-order valence-electron chi connectivity index (χ1n) is 15.5. The summed E-state index contributed by atoms with van der Waals surface area (Å²) in [5.74, 6) is 2.35. The summed E-state index contributed by atoms with van der Waals surface area (Å²) >= 11 is 3.34. The monoisotopic (exact) mass is 583 g/mol. The van der Waals surface area contributed by atoms with Crippen molar-refractivity contribution >= 4 is 39.7 Å². The van der Waals surface area contributed by atoms with Gasteiger partial charge < -0.3 is 5.73 Å². The highest BCUT2D eigenvalue weighted by molar-refractivity contribution is 8.01. The number of benzene rings is 1. The Morgan fingerprint density at radius 2 is 1.48 bits per heavy atom. The number of hydrogen-bond donors (Lipinski definition) is 1. The molecule has 2 aromatic heterocycles. The van der Waals surface area contributed by atoms with Gasteiger partial charge in [-0.3, -0.25) is 0 Å². The SMILES string of the molecule is CCCCCCCCC(CCCCCC)CSc1nnc(N=Nc2c(CCCC)nn(-c3ccccc3)c2N)s1. The molecular weight excluding hydrogens is 535 g/mol. The molecule has 0 saturated heterocycles. The molecule has 1 aromatic carbocycles. The molecule has 220 valence electrons. The topological polar surface area (TPSA) is 94.3 Å². The van der Waals surface area contributed by atoms with Gasteiger partial charge in [-0.1, -0.05) is 133 Å². The van der Waals surface area contributed by atoms with Crippen LogP contribution in [0.1, 0.15) is 116 Å². The molecule has 1 unspecified atom stereocenters. The minimum atomic E-state index is 0.501. The summed E-state index contributed by atoms with van der Waals surface area (Å²) in [5.41, 5.74) is 8.92. The zero-order valence-corrected chi connectivity index (χ0v) is 26.5. The number of unbranched alkanes of at least 4 members (excludes halogenated alkanes) is 9. The van der Waals surface area contributed by atoms with Crippen LogP contribution in [0.5, 0.6) is 0 Å². The average molecular weight is 584 g/mol. The Hall–Kier alpha value is -2.26. The maximum Gasteiger partial charge on any atom is 0.252 e. The van der Waals surface area contributed by atoms with Crippen LogP contribution >= 0.6 is 23.1 Å². The number of hydrogen-bond acceptors (Lipinski definition) is 8. The van der Waals surface area contributed by atoms with E-state index in [2.05, 4.69) is 41.2 Å². The molecular formula is C31H49N7S2. The number of aryl methyl sites for hydroxylation is 1. The first kappa shape index (κ1) is 32.3. The predicted molar refractivity (Wildman–Crippen MR) is 172 cm³/mol. The smallest absolute Gasteiger partial charge is 0.252 e. The van der Waals surface area contributed by atoms with Crippen molar-refractivity contribution in [3.63, 3.8) is 0 Å². The van der Waals surface area contributed by atoms with Crippen molar-refractivity contribution in [2.75, 3.05) is 11.5 Å². The molecule has 2 heterocycles. The van der Waals surface area contributed by atoms with Crippen LogP contribution in [0.4, 0.5) is 16.6 Å². The maximum atomic E-state index is 6.50. The van der Waals surface area contributed by atoms with Gasteiger partial charge in [-0.2, -0.15) is 5.10 Å². The van der Waals surface area contributed by atoms with E-state index in [1.54, 1.807) is 4.68 Å². The molecule has 0 aliphatic carbocycles. The fourth-order valence-electron chi connectivity index (χ4n) is 4.82. The second-order valence-electron chi connectivity index (χ2n) is 10.7. The van der Waals surface area contributed by atoms with Crippen LogP contribution < -0.4 is 5.73 Å². The van der Waals surface area contributed by atoms with E-state index in [0.29, 0.717) is 16.6 Å². The van der Waals surface area contributed by atoms with Crippen LogP contribution in [-0.2, 0) is 6.42 Å². The van der Waals surface area contributed by atoms with Crippen molar-refractivity contribution in [3.05, 3.63) is 36.0 Å². The van der Waals surface area contributed by atoms with E-state index in [4.69, 9.17) is 10.8 Å². The van der Waals surface area contributed by atoms with Crippen molar-refractivity contribution in [3.8, 4) is 5.69 Å². The molecule has 0 saturated carbocycles. The number of nitrogen functional groups attached to an aromatic ring is 1. The highest BCUT2D eigenvalue weighted by Gasteiger charge is 2.17. The number of thioether (sulfide) groups is 1. The fraction of sp³-hybridized carbons (Fsp3) is 0.645. The molecule has 0 spiro atoms. The first-order chi connectivity index (χ1) is 19.7. The van der Waals surface area contributed by atoms with Gasteiger partial charge in [-0.05, 0) is 43.7 Å². The van der Waals surface area contributed by atoms with Gasteiger partial charge >= 0.3 is 0 Å². The standard InChI is InChI=1S/C31H49N7S2/c1-4-7-10-12-13-16-20-25(19-15-11-8-5-2)24-39-31-36-35-30(40-31)34-33-28-27(23-9-6-3)37-38(29(28)32)26-21-17-14-18-22-26/h14,17-18,21-22,25H,4-13,15-16,19-20,23-24,32H2,1-3H3. The normalized spacial score (nSPS) is 12.5. The molecule has 0 radical (unpaired) electrons. The van der Waals surface area contributed by atoms with Gasteiger partial charge in [0, 0.05) is 5.75 Å². The van der Waals surface area contributed by atoms with Crippen LogP contribution in [0.15, 0.2) is 44.9 Å². The number of nitrogens with two attached hydrogens (primary N) is 1. The molecule has 3 aromatic rings. The molecule has 0 fully saturated rings. The van der Waals surface area contributed by atoms with Gasteiger partial charge in [0.1, 0.15) is 0 Å². The van der Waals surface area contributed by atoms with Gasteiger partial charge in [-0.15, -0.1) is 20.4 Å². The predicted octanol–water partition coefficient (Wildman–Crippen LogP) is 10.5. The van der Waals surface area contributed by atoms with Crippen molar-refractivity contribution < 1.29 is 0 Å². The van der Waals surface area contributed by atoms with Crippen LogP contribution in [0.2, 0.25) is 0 Å². The van der Waals surface area contributed by atoms with Crippen molar-refractivity contribution in [1.82, 2.24) is 20.0 Å². The molecule has 3 rings (SSSR count). The highest BCUT2D eigenvalue weighted by Crippen LogP contribution is 2.35. The van der Waals surface area contributed by atoms with Gasteiger partial charge in [0.15, 0.2) is 15.8 Å². The number of aromatic nitrogens is 4. The molecule has 0 amide bonds. The number of para-hydroxylation sites is 1. The Morgan fingerprint density at radius 1 is 0.825 bits per heavy atom. The van der Waals surface area contributed by atoms with Crippen molar-refractivity contribution in [1.29, 1.82) is 0 Å². The van der Waals surface area contributed by atoms with Gasteiger partial charge in [0.2, 0.25) is 0 Å². The Morgan fingerprint density at radius 3 is 2.17 bits per heavy atom. The van der Waals surface area contributed by atoms with E-state index in [1.165, 1.54) is 88.4 Å². The molecule has 7 nitrogen and oxygen atoms in total. The van der Waals surface area contributed by atoms with Gasteiger partial charge in [0.05, 0.1) is 11.4 Å². The average Bonchev–Trinajstić information content (AvgIpc) is 3.56. The summed E-state index contributed by atoms with van der Waals surface area (Å²) in [5, 5.41) is 23.0.